The number of hydrogen-bond acceptors (Lipinski definition) is 7. The summed E-state index contributed by atoms with van der Waals surface area (Å²) in [5, 5.41) is 20.6. The van der Waals surface area contributed by atoms with E-state index >= 15 is 0 Å². The Morgan fingerprint density at radius 3 is 2.74 bits per heavy atom. The van der Waals surface area contributed by atoms with Gasteiger partial charge in [0, 0.05) is 36.8 Å². The van der Waals surface area contributed by atoms with Crippen LogP contribution < -0.4 is 21.5 Å². The van der Waals surface area contributed by atoms with Crippen LogP contribution in [0.15, 0.2) is 45.9 Å². The van der Waals surface area contributed by atoms with Gasteiger partial charge in [0.1, 0.15) is 17.5 Å². The second-order valence-electron chi connectivity index (χ2n) is 8.16. The van der Waals surface area contributed by atoms with Crippen molar-refractivity contribution in [2.75, 3.05) is 11.9 Å². The Morgan fingerprint density at radius 1 is 1.37 bits per heavy atom. The number of carbonyl (C=O) groups excluding carboxylic acids is 3. The van der Waals surface area contributed by atoms with E-state index in [-0.39, 0.29) is 36.0 Å². The Bertz CT molecular complexity index is 1200. The highest BCUT2D eigenvalue weighted by Gasteiger charge is 2.29. The van der Waals surface area contributed by atoms with Gasteiger partial charge in [-0.2, -0.15) is 0 Å². The third kappa shape index (κ3) is 6.43. The molecule has 12 nitrogen and oxygen atoms in total. The number of nitrogens with one attached hydrogen (secondary N) is 3. The van der Waals surface area contributed by atoms with Gasteiger partial charge in [0.2, 0.25) is 11.8 Å². The minimum atomic E-state index is -1.19. The van der Waals surface area contributed by atoms with Gasteiger partial charge in [0.15, 0.2) is 5.69 Å². The standard InChI is InChI=1S/C23H27N5O7/c1-3-18(22(33)25-15(6-7-19(29)30)12-14-8-9-24-20(14)31)28-10-4-5-16(23(28)34)26-21(32)17-11-13(2)35-27-17/h4-7,10-11,14-15,18H,3,8-9,12H2,1-2H3,(H,24,31)(H,25,33)(H,26,32)(H,29,30)/b7-6+. The molecule has 1 aliphatic rings. The third-order valence-electron chi connectivity index (χ3n) is 5.61. The summed E-state index contributed by atoms with van der Waals surface area (Å²) in [6, 6.07) is 2.69. The van der Waals surface area contributed by atoms with Gasteiger partial charge in [0.05, 0.1) is 0 Å². The van der Waals surface area contributed by atoms with Crippen molar-refractivity contribution >= 4 is 29.4 Å². The van der Waals surface area contributed by atoms with Crippen molar-refractivity contribution in [2.45, 2.75) is 45.2 Å². The van der Waals surface area contributed by atoms with Crippen molar-refractivity contribution in [3.63, 3.8) is 0 Å². The molecule has 3 unspecified atom stereocenters. The molecular weight excluding hydrogens is 458 g/mol. The van der Waals surface area contributed by atoms with Crippen molar-refractivity contribution in [1.29, 1.82) is 0 Å². The minimum Gasteiger partial charge on any atom is -0.478 e. The lowest BCUT2D eigenvalue weighted by Crippen LogP contribution is -2.42. The first-order valence-corrected chi connectivity index (χ1v) is 11.1. The van der Waals surface area contributed by atoms with Gasteiger partial charge in [-0.3, -0.25) is 19.2 Å². The second-order valence-corrected chi connectivity index (χ2v) is 8.16. The van der Waals surface area contributed by atoms with Crippen molar-refractivity contribution in [2.24, 2.45) is 5.92 Å². The van der Waals surface area contributed by atoms with E-state index in [1.165, 1.54) is 35.0 Å². The zero-order valence-corrected chi connectivity index (χ0v) is 19.3. The number of nitrogens with zero attached hydrogens (tertiary/aromatic N) is 2. The number of aromatic nitrogens is 2. The number of aryl methyl sites for hydroxylation is 1. The molecule has 0 radical (unpaired) electrons. The first-order valence-electron chi connectivity index (χ1n) is 11.1. The van der Waals surface area contributed by atoms with Crippen molar-refractivity contribution < 1.29 is 28.8 Å². The number of carboxylic acids is 1. The van der Waals surface area contributed by atoms with Gasteiger partial charge < -0.3 is 30.1 Å². The van der Waals surface area contributed by atoms with Crippen LogP contribution in [0.3, 0.4) is 0 Å². The summed E-state index contributed by atoms with van der Waals surface area (Å²) in [5.74, 6) is -2.42. The van der Waals surface area contributed by atoms with E-state index in [1.54, 1.807) is 13.8 Å². The van der Waals surface area contributed by atoms with E-state index in [1.807, 2.05) is 0 Å². The van der Waals surface area contributed by atoms with E-state index in [9.17, 15) is 24.0 Å². The molecule has 4 N–H and O–H groups in total. The Balaban J connectivity index is 1.79. The molecule has 2 aromatic rings. The maximum absolute atomic E-state index is 13.1. The Morgan fingerprint density at radius 2 is 2.14 bits per heavy atom. The van der Waals surface area contributed by atoms with E-state index in [2.05, 4.69) is 21.1 Å². The fourth-order valence-corrected chi connectivity index (χ4v) is 3.86. The summed E-state index contributed by atoms with van der Waals surface area (Å²) < 4.78 is 6.07. The lowest BCUT2D eigenvalue weighted by atomic mass is 9.97. The van der Waals surface area contributed by atoms with Crippen LogP contribution in [0.2, 0.25) is 0 Å². The van der Waals surface area contributed by atoms with Crippen LogP contribution >= 0.6 is 0 Å². The number of carboxylic acid groups (broad SMARTS) is 1. The van der Waals surface area contributed by atoms with Crippen molar-refractivity contribution in [1.82, 2.24) is 20.4 Å². The summed E-state index contributed by atoms with van der Waals surface area (Å²) in [7, 11) is 0. The van der Waals surface area contributed by atoms with Gasteiger partial charge >= 0.3 is 5.97 Å². The second kappa shape index (κ2) is 11.3. The number of rotatable bonds is 10. The molecule has 186 valence electrons. The van der Waals surface area contributed by atoms with Crippen LogP contribution in [0.4, 0.5) is 5.69 Å². The lowest BCUT2D eigenvalue weighted by molar-refractivity contribution is -0.131. The number of hydrogen-bond donors (Lipinski definition) is 4. The smallest absolute Gasteiger partial charge is 0.328 e. The average molecular weight is 485 g/mol. The minimum absolute atomic E-state index is 0.00565. The lowest BCUT2D eigenvalue weighted by Gasteiger charge is -2.23. The molecule has 1 saturated heterocycles. The number of pyridine rings is 1. The molecule has 12 heteroatoms. The highest BCUT2D eigenvalue weighted by atomic mass is 16.5. The van der Waals surface area contributed by atoms with Crippen molar-refractivity contribution in [3.05, 3.63) is 58.4 Å². The Hall–Kier alpha value is -4.22. The highest BCUT2D eigenvalue weighted by molar-refractivity contribution is 6.02. The molecule has 3 rings (SSSR count). The van der Waals surface area contributed by atoms with Gasteiger partial charge in [0.25, 0.3) is 11.5 Å². The predicted octanol–water partition coefficient (Wildman–Crippen LogP) is 1.000. The molecule has 1 aliphatic heterocycles. The zero-order chi connectivity index (χ0) is 25.5. The van der Waals surface area contributed by atoms with Crippen LogP contribution in [0.1, 0.15) is 48.5 Å². The van der Waals surface area contributed by atoms with E-state index in [4.69, 9.17) is 9.63 Å². The molecule has 2 aromatic heterocycles. The molecule has 0 bridgehead atoms. The molecule has 3 atom stereocenters. The summed E-state index contributed by atoms with van der Waals surface area (Å²) >= 11 is 0. The molecule has 1 fully saturated rings. The maximum atomic E-state index is 13.1. The van der Waals surface area contributed by atoms with Crippen LogP contribution in [0, 0.1) is 12.8 Å². The van der Waals surface area contributed by atoms with Crippen LogP contribution in [-0.4, -0.2) is 51.1 Å². The molecule has 0 aromatic carbocycles. The van der Waals surface area contributed by atoms with Crippen LogP contribution in [-0.2, 0) is 14.4 Å². The zero-order valence-electron chi connectivity index (χ0n) is 19.3. The quantitative estimate of drug-likeness (QED) is 0.361. The fourth-order valence-electron chi connectivity index (χ4n) is 3.86. The number of anilines is 1. The molecule has 0 spiro atoms. The summed E-state index contributed by atoms with van der Waals surface area (Å²) in [6.07, 6.45) is 4.70. The predicted molar refractivity (Wildman–Crippen MR) is 124 cm³/mol. The van der Waals surface area contributed by atoms with E-state index < -0.39 is 35.4 Å². The highest BCUT2D eigenvalue weighted by Crippen LogP contribution is 2.18. The molecule has 3 amide bonds. The number of amides is 3. The molecule has 0 aliphatic carbocycles. The number of carbonyl (C=O) groups is 4. The van der Waals surface area contributed by atoms with Gasteiger partial charge in [-0.15, -0.1) is 0 Å². The maximum Gasteiger partial charge on any atom is 0.328 e. The molecule has 35 heavy (non-hydrogen) atoms. The molecule has 3 heterocycles. The third-order valence-corrected chi connectivity index (χ3v) is 5.61. The average Bonchev–Trinajstić information content (AvgIpc) is 3.43. The summed E-state index contributed by atoms with van der Waals surface area (Å²) in [4.78, 5) is 61.5. The largest absolute Gasteiger partial charge is 0.478 e. The molecule has 0 saturated carbocycles. The summed E-state index contributed by atoms with van der Waals surface area (Å²) in [5.41, 5.74) is -0.642. The first kappa shape index (κ1) is 25.4. The Kier molecular flexibility index (Phi) is 8.18. The van der Waals surface area contributed by atoms with Gasteiger partial charge in [-0.1, -0.05) is 18.2 Å². The van der Waals surface area contributed by atoms with Crippen molar-refractivity contribution in [3.8, 4) is 0 Å². The first-order chi connectivity index (χ1) is 16.7. The van der Waals surface area contributed by atoms with E-state index in [0.717, 1.165) is 6.08 Å². The number of aliphatic carboxylic acids is 1. The monoisotopic (exact) mass is 485 g/mol. The van der Waals surface area contributed by atoms with Crippen LogP contribution in [0.25, 0.3) is 0 Å². The van der Waals surface area contributed by atoms with Crippen LogP contribution in [0.5, 0.6) is 0 Å². The summed E-state index contributed by atoms with van der Waals surface area (Å²) in [6.45, 7) is 3.86. The van der Waals surface area contributed by atoms with Gasteiger partial charge in [-0.25, -0.2) is 4.79 Å². The SMILES string of the molecule is CCC(C(=O)NC(/C=C/C(=O)O)CC1CCNC1=O)n1cccc(NC(=O)c2cc(C)on2)c1=O. The normalized spacial score (nSPS) is 17.1. The fraction of sp³-hybridized carbons (Fsp3) is 0.391. The van der Waals surface area contributed by atoms with Gasteiger partial charge in [-0.05, 0) is 38.3 Å². The van der Waals surface area contributed by atoms with E-state index in [0.29, 0.717) is 18.7 Å². The topological polar surface area (TPSA) is 173 Å². The Labute approximate surface area is 200 Å². The molecular formula is C23H27N5O7.